The van der Waals surface area contributed by atoms with Gasteiger partial charge in [-0.15, -0.1) is 0 Å². The van der Waals surface area contributed by atoms with E-state index in [9.17, 15) is 18.0 Å². The Bertz CT molecular complexity index is 459. The van der Waals surface area contributed by atoms with Gasteiger partial charge in [0.1, 0.15) is 5.82 Å². The highest BCUT2D eigenvalue weighted by atomic mass is 19.2. The molecule has 0 N–H and O–H groups in total. The second-order valence-electron chi connectivity index (χ2n) is 4.08. The molecule has 2 unspecified atom stereocenters. The van der Waals surface area contributed by atoms with E-state index in [1.54, 1.807) is 6.92 Å². The SMILES string of the molecule is CC1OCCC1C(=O)c1cc(F)c(F)cc1F. The molecule has 1 fully saturated rings. The van der Waals surface area contributed by atoms with Crippen LogP contribution in [0.25, 0.3) is 0 Å². The smallest absolute Gasteiger partial charge is 0.171 e. The highest BCUT2D eigenvalue weighted by Gasteiger charge is 2.33. The second-order valence-corrected chi connectivity index (χ2v) is 4.08. The molecule has 5 heteroatoms. The fraction of sp³-hybridized carbons (Fsp3) is 0.417. The zero-order chi connectivity index (χ0) is 12.6. The molecule has 2 atom stereocenters. The first kappa shape index (κ1) is 12.1. The quantitative estimate of drug-likeness (QED) is 0.590. The maximum absolute atomic E-state index is 13.4. The molecular weight excluding hydrogens is 233 g/mol. The first-order valence-corrected chi connectivity index (χ1v) is 5.31. The molecule has 1 aliphatic rings. The first-order chi connectivity index (χ1) is 8.00. The summed E-state index contributed by atoms with van der Waals surface area (Å²) < 4.78 is 44.3. The summed E-state index contributed by atoms with van der Waals surface area (Å²) >= 11 is 0. The Hall–Kier alpha value is -1.36. The van der Waals surface area contributed by atoms with Crippen molar-refractivity contribution in [3.8, 4) is 0 Å². The number of carbonyl (C=O) groups excluding carboxylic acids is 1. The van der Waals surface area contributed by atoms with E-state index in [0.29, 0.717) is 25.2 Å². The van der Waals surface area contributed by atoms with Gasteiger partial charge in [-0.3, -0.25) is 4.79 Å². The summed E-state index contributed by atoms with van der Waals surface area (Å²) in [6, 6.07) is 1.00. The number of Topliss-reactive ketones (excluding diaryl/α,β-unsaturated/α-hetero) is 1. The van der Waals surface area contributed by atoms with Crippen molar-refractivity contribution in [3.05, 3.63) is 35.1 Å². The van der Waals surface area contributed by atoms with Crippen molar-refractivity contribution >= 4 is 5.78 Å². The maximum Gasteiger partial charge on any atom is 0.171 e. The van der Waals surface area contributed by atoms with E-state index in [2.05, 4.69) is 0 Å². The molecule has 1 saturated heterocycles. The molecule has 0 aromatic heterocycles. The van der Waals surface area contributed by atoms with Crippen LogP contribution < -0.4 is 0 Å². The minimum Gasteiger partial charge on any atom is -0.378 e. The molecule has 1 heterocycles. The molecule has 1 aromatic carbocycles. The molecule has 0 aliphatic carbocycles. The zero-order valence-electron chi connectivity index (χ0n) is 9.17. The van der Waals surface area contributed by atoms with Gasteiger partial charge in [-0.2, -0.15) is 0 Å². The number of benzene rings is 1. The van der Waals surface area contributed by atoms with Crippen LogP contribution in [0, 0.1) is 23.4 Å². The monoisotopic (exact) mass is 244 g/mol. The topological polar surface area (TPSA) is 26.3 Å². The van der Waals surface area contributed by atoms with Crippen molar-refractivity contribution in [1.29, 1.82) is 0 Å². The fourth-order valence-electron chi connectivity index (χ4n) is 1.99. The van der Waals surface area contributed by atoms with E-state index in [4.69, 9.17) is 4.74 Å². The third-order valence-electron chi connectivity index (χ3n) is 2.99. The van der Waals surface area contributed by atoms with Crippen LogP contribution in [-0.2, 0) is 4.74 Å². The number of hydrogen-bond acceptors (Lipinski definition) is 2. The van der Waals surface area contributed by atoms with Crippen LogP contribution in [0.1, 0.15) is 23.7 Å². The van der Waals surface area contributed by atoms with Crippen LogP contribution >= 0.6 is 0 Å². The predicted octanol–water partition coefficient (Wildman–Crippen LogP) is 2.71. The van der Waals surface area contributed by atoms with E-state index < -0.39 is 34.7 Å². The van der Waals surface area contributed by atoms with Crippen LogP contribution in [0.2, 0.25) is 0 Å². The number of ether oxygens (including phenoxy) is 1. The summed E-state index contributed by atoms with van der Waals surface area (Å²) in [6.45, 7) is 2.12. The predicted molar refractivity (Wildman–Crippen MR) is 54.2 cm³/mol. The Morgan fingerprint density at radius 2 is 1.88 bits per heavy atom. The average Bonchev–Trinajstić information content (AvgIpc) is 2.69. The summed E-state index contributed by atoms with van der Waals surface area (Å²) in [5, 5.41) is 0. The van der Waals surface area contributed by atoms with Crippen molar-refractivity contribution in [2.45, 2.75) is 19.4 Å². The van der Waals surface area contributed by atoms with Crippen LogP contribution in [0.5, 0.6) is 0 Å². The lowest BCUT2D eigenvalue weighted by atomic mass is 9.92. The van der Waals surface area contributed by atoms with Gasteiger partial charge in [0.25, 0.3) is 0 Å². The maximum atomic E-state index is 13.4. The molecule has 1 aromatic rings. The van der Waals surface area contributed by atoms with E-state index in [1.807, 2.05) is 0 Å². The number of hydrogen-bond donors (Lipinski definition) is 0. The van der Waals surface area contributed by atoms with Crippen molar-refractivity contribution in [3.63, 3.8) is 0 Å². The van der Waals surface area contributed by atoms with Gasteiger partial charge >= 0.3 is 0 Å². The minimum atomic E-state index is -1.30. The molecule has 0 bridgehead atoms. The van der Waals surface area contributed by atoms with Gasteiger partial charge in [-0.25, -0.2) is 13.2 Å². The molecule has 1 aliphatic heterocycles. The van der Waals surface area contributed by atoms with E-state index >= 15 is 0 Å². The van der Waals surface area contributed by atoms with E-state index in [-0.39, 0.29) is 6.10 Å². The lowest BCUT2D eigenvalue weighted by molar-refractivity contribution is 0.0760. The Labute approximate surface area is 96.4 Å². The summed E-state index contributed by atoms with van der Waals surface area (Å²) in [4.78, 5) is 11.9. The van der Waals surface area contributed by atoms with Gasteiger partial charge in [0, 0.05) is 12.7 Å². The molecule has 0 amide bonds. The lowest BCUT2D eigenvalue weighted by Crippen LogP contribution is -2.23. The van der Waals surface area contributed by atoms with E-state index in [0.717, 1.165) is 0 Å². The molecular formula is C12H11F3O2. The van der Waals surface area contributed by atoms with Gasteiger partial charge in [-0.1, -0.05) is 0 Å². The highest BCUT2D eigenvalue weighted by Crippen LogP contribution is 2.26. The Kier molecular flexibility index (Phi) is 3.19. The molecule has 2 rings (SSSR count). The van der Waals surface area contributed by atoms with Crippen LogP contribution in [0.4, 0.5) is 13.2 Å². The molecule has 17 heavy (non-hydrogen) atoms. The number of rotatable bonds is 2. The highest BCUT2D eigenvalue weighted by molar-refractivity contribution is 5.98. The fourth-order valence-corrected chi connectivity index (χ4v) is 1.99. The van der Waals surface area contributed by atoms with Gasteiger partial charge in [0.2, 0.25) is 0 Å². The third kappa shape index (κ3) is 2.20. The minimum absolute atomic E-state index is 0.324. The van der Waals surface area contributed by atoms with Gasteiger partial charge in [0.05, 0.1) is 17.6 Å². The van der Waals surface area contributed by atoms with Crippen LogP contribution in [0.15, 0.2) is 12.1 Å². The molecule has 0 spiro atoms. The van der Waals surface area contributed by atoms with Crippen LogP contribution in [0.3, 0.4) is 0 Å². The van der Waals surface area contributed by atoms with Crippen molar-refractivity contribution in [2.75, 3.05) is 6.61 Å². The molecule has 0 saturated carbocycles. The Morgan fingerprint density at radius 1 is 1.24 bits per heavy atom. The molecule has 0 radical (unpaired) electrons. The third-order valence-corrected chi connectivity index (χ3v) is 2.99. The summed E-state index contributed by atoms with van der Waals surface area (Å²) in [5.41, 5.74) is -0.411. The largest absolute Gasteiger partial charge is 0.378 e. The molecule has 92 valence electrons. The summed E-state index contributed by atoms with van der Waals surface area (Å²) in [6.07, 6.45) is 0.147. The summed E-state index contributed by atoms with van der Waals surface area (Å²) in [7, 11) is 0. The second kappa shape index (κ2) is 4.49. The standard InChI is InChI=1S/C12H11F3O2/c1-6-7(2-3-17-6)12(16)8-4-10(14)11(15)5-9(8)13/h4-7H,2-3H2,1H3. The number of halogens is 3. The van der Waals surface area contributed by atoms with Gasteiger partial charge in [0.15, 0.2) is 17.4 Å². The van der Waals surface area contributed by atoms with Crippen molar-refractivity contribution in [1.82, 2.24) is 0 Å². The average molecular weight is 244 g/mol. The summed E-state index contributed by atoms with van der Waals surface area (Å²) in [5.74, 6) is -4.58. The van der Waals surface area contributed by atoms with Gasteiger partial charge < -0.3 is 4.74 Å². The van der Waals surface area contributed by atoms with Crippen LogP contribution in [-0.4, -0.2) is 18.5 Å². The Morgan fingerprint density at radius 3 is 2.47 bits per heavy atom. The molecule has 2 nitrogen and oxygen atoms in total. The Balaban J connectivity index is 2.34. The van der Waals surface area contributed by atoms with E-state index in [1.165, 1.54) is 0 Å². The number of carbonyl (C=O) groups is 1. The van der Waals surface area contributed by atoms with Gasteiger partial charge in [-0.05, 0) is 19.4 Å². The number of ketones is 1. The zero-order valence-corrected chi connectivity index (χ0v) is 9.17. The van der Waals surface area contributed by atoms with Crippen molar-refractivity contribution in [2.24, 2.45) is 5.92 Å². The first-order valence-electron chi connectivity index (χ1n) is 5.31. The lowest BCUT2D eigenvalue weighted by Gasteiger charge is -2.13. The normalized spacial score (nSPS) is 24.0. The van der Waals surface area contributed by atoms with Crippen molar-refractivity contribution < 1.29 is 22.7 Å².